The second kappa shape index (κ2) is 5.99. The Bertz CT molecular complexity index is 943. The van der Waals surface area contributed by atoms with Gasteiger partial charge in [-0.3, -0.25) is 0 Å². The highest BCUT2D eigenvalue weighted by Gasteiger charge is 2.11. The molecular weight excluding hydrogens is 320 g/mol. The highest BCUT2D eigenvalue weighted by atomic mass is 35.5. The lowest BCUT2D eigenvalue weighted by molar-refractivity contribution is 0.0697. The van der Waals surface area contributed by atoms with Crippen LogP contribution in [0.25, 0.3) is 11.1 Å². The number of halogens is 1. The van der Waals surface area contributed by atoms with E-state index in [0.29, 0.717) is 27.4 Å². The number of oxazole rings is 1. The first-order valence-corrected chi connectivity index (χ1v) is 6.90. The minimum absolute atomic E-state index is 0.00734. The SMILES string of the molecule is N#Cc1cc(Cl)ccc1OCc1nc2ccc(C(=O)O)cc2o1. The van der Waals surface area contributed by atoms with Gasteiger partial charge in [0.25, 0.3) is 0 Å². The molecule has 2 aromatic carbocycles. The van der Waals surface area contributed by atoms with Crippen molar-refractivity contribution in [2.45, 2.75) is 6.61 Å². The zero-order valence-electron chi connectivity index (χ0n) is 11.6. The molecule has 0 spiro atoms. The van der Waals surface area contributed by atoms with Crippen molar-refractivity contribution in [3.05, 3.63) is 58.4 Å². The summed E-state index contributed by atoms with van der Waals surface area (Å²) < 4.78 is 11.0. The summed E-state index contributed by atoms with van der Waals surface area (Å²) in [7, 11) is 0. The highest BCUT2D eigenvalue weighted by Crippen LogP contribution is 2.24. The Morgan fingerprint density at radius 1 is 1.35 bits per heavy atom. The van der Waals surface area contributed by atoms with Crippen LogP contribution in [0.5, 0.6) is 5.75 Å². The van der Waals surface area contributed by atoms with Crippen LogP contribution in [0, 0.1) is 11.3 Å². The van der Waals surface area contributed by atoms with Crippen molar-refractivity contribution in [3.8, 4) is 11.8 Å². The molecule has 3 rings (SSSR count). The number of fused-ring (bicyclic) bond motifs is 1. The van der Waals surface area contributed by atoms with E-state index in [2.05, 4.69) is 4.98 Å². The zero-order chi connectivity index (χ0) is 16.4. The van der Waals surface area contributed by atoms with E-state index in [1.807, 2.05) is 6.07 Å². The number of rotatable bonds is 4. The Morgan fingerprint density at radius 2 is 2.17 bits per heavy atom. The van der Waals surface area contributed by atoms with Crippen molar-refractivity contribution in [1.29, 1.82) is 5.26 Å². The Balaban J connectivity index is 1.82. The number of carbonyl (C=O) groups is 1. The summed E-state index contributed by atoms with van der Waals surface area (Å²) in [5.74, 6) is -0.396. The molecule has 0 aliphatic heterocycles. The van der Waals surface area contributed by atoms with E-state index in [0.717, 1.165) is 0 Å². The van der Waals surface area contributed by atoms with Crippen LogP contribution in [0.4, 0.5) is 0 Å². The van der Waals surface area contributed by atoms with Crippen LogP contribution < -0.4 is 4.74 Å². The summed E-state index contributed by atoms with van der Waals surface area (Å²) in [4.78, 5) is 15.1. The molecule has 0 aliphatic rings. The van der Waals surface area contributed by atoms with E-state index < -0.39 is 5.97 Å². The molecule has 114 valence electrons. The first kappa shape index (κ1) is 14.9. The van der Waals surface area contributed by atoms with Gasteiger partial charge in [0.1, 0.15) is 17.3 Å². The molecule has 1 heterocycles. The quantitative estimate of drug-likeness (QED) is 0.785. The topological polar surface area (TPSA) is 96.3 Å². The van der Waals surface area contributed by atoms with Gasteiger partial charge >= 0.3 is 5.97 Å². The van der Waals surface area contributed by atoms with Crippen LogP contribution in [-0.2, 0) is 6.61 Å². The molecular formula is C16H9ClN2O4. The average Bonchev–Trinajstić information content (AvgIpc) is 2.95. The van der Waals surface area contributed by atoms with E-state index in [-0.39, 0.29) is 18.1 Å². The molecule has 7 heteroatoms. The maximum absolute atomic E-state index is 10.9. The van der Waals surface area contributed by atoms with Crippen molar-refractivity contribution >= 4 is 28.7 Å². The Labute approximate surface area is 135 Å². The van der Waals surface area contributed by atoms with Gasteiger partial charge in [-0.2, -0.15) is 5.26 Å². The number of nitriles is 1. The highest BCUT2D eigenvalue weighted by molar-refractivity contribution is 6.30. The molecule has 0 amide bonds. The molecule has 1 N–H and O–H groups in total. The second-order valence-corrected chi connectivity index (χ2v) is 5.07. The van der Waals surface area contributed by atoms with Gasteiger partial charge in [0.15, 0.2) is 12.2 Å². The van der Waals surface area contributed by atoms with Gasteiger partial charge in [-0.05, 0) is 36.4 Å². The maximum Gasteiger partial charge on any atom is 0.335 e. The third kappa shape index (κ3) is 3.10. The fourth-order valence-electron chi connectivity index (χ4n) is 2.02. The normalized spacial score (nSPS) is 10.4. The van der Waals surface area contributed by atoms with Crippen LogP contribution in [0.3, 0.4) is 0 Å². The van der Waals surface area contributed by atoms with Crippen molar-refractivity contribution < 1.29 is 19.1 Å². The summed E-state index contributed by atoms with van der Waals surface area (Å²) in [6, 6.07) is 11.1. The van der Waals surface area contributed by atoms with Gasteiger partial charge in [-0.25, -0.2) is 9.78 Å². The van der Waals surface area contributed by atoms with Crippen LogP contribution in [0.15, 0.2) is 40.8 Å². The van der Waals surface area contributed by atoms with Crippen LogP contribution in [0.2, 0.25) is 5.02 Å². The summed E-state index contributed by atoms with van der Waals surface area (Å²) in [6.45, 7) is 0.00734. The Kier molecular flexibility index (Phi) is 3.87. The van der Waals surface area contributed by atoms with Gasteiger partial charge in [0.05, 0.1) is 11.1 Å². The van der Waals surface area contributed by atoms with Crippen LogP contribution in [-0.4, -0.2) is 16.1 Å². The minimum Gasteiger partial charge on any atom is -0.482 e. The Morgan fingerprint density at radius 3 is 2.91 bits per heavy atom. The number of ether oxygens (including phenoxy) is 1. The fourth-order valence-corrected chi connectivity index (χ4v) is 2.19. The first-order valence-electron chi connectivity index (χ1n) is 6.52. The van der Waals surface area contributed by atoms with Crippen LogP contribution >= 0.6 is 11.6 Å². The molecule has 1 aromatic heterocycles. The number of carboxylic acids is 1. The summed E-state index contributed by atoms with van der Waals surface area (Å²) in [6.07, 6.45) is 0. The van der Waals surface area contributed by atoms with Gasteiger partial charge in [0.2, 0.25) is 5.89 Å². The van der Waals surface area contributed by atoms with Crippen molar-refractivity contribution in [2.24, 2.45) is 0 Å². The molecule has 0 saturated carbocycles. The molecule has 23 heavy (non-hydrogen) atoms. The lowest BCUT2D eigenvalue weighted by Crippen LogP contribution is -1.97. The predicted molar refractivity (Wildman–Crippen MR) is 81.5 cm³/mol. The van der Waals surface area contributed by atoms with Gasteiger partial charge in [-0.1, -0.05) is 11.6 Å². The standard InChI is InChI=1S/C16H9ClN2O4/c17-11-2-4-13(10(5-11)7-18)22-8-15-19-12-3-1-9(16(20)21)6-14(12)23-15/h1-6H,8H2,(H,20,21). The average molecular weight is 329 g/mol. The molecule has 0 unspecified atom stereocenters. The zero-order valence-corrected chi connectivity index (χ0v) is 12.4. The molecule has 0 fully saturated rings. The fraction of sp³-hybridized carbons (Fsp3) is 0.0625. The van der Waals surface area contributed by atoms with E-state index >= 15 is 0 Å². The number of hydrogen-bond acceptors (Lipinski definition) is 5. The first-order chi connectivity index (χ1) is 11.1. The molecule has 0 saturated heterocycles. The number of nitrogens with zero attached hydrogens (tertiary/aromatic N) is 2. The van der Waals surface area contributed by atoms with Crippen molar-refractivity contribution in [3.63, 3.8) is 0 Å². The van der Waals surface area contributed by atoms with Gasteiger partial charge < -0.3 is 14.3 Å². The third-order valence-corrected chi connectivity index (χ3v) is 3.33. The molecule has 0 bridgehead atoms. The van der Waals surface area contributed by atoms with E-state index in [4.69, 9.17) is 31.1 Å². The predicted octanol–water partition coefficient (Wildman–Crippen LogP) is 3.63. The molecule has 0 radical (unpaired) electrons. The summed E-state index contributed by atoms with van der Waals surface area (Å²) in [5, 5.41) is 18.5. The molecule has 0 aliphatic carbocycles. The number of aromatic carboxylic acids is 1. The molecule has 6 nitrogen and oxygen atoms in total. The number of aromatic nitrogens is 1. The third-order valence-electron chi connectivity index (χ3n) is 3.09. The lowest BCUT2D eigenvalue weighted by Gasteiger charge is -2.05. The smallest absolute Gasteiger partial charge is 0.335 e. The van der Waals surface area contributed by atoms with Gasteiger partial charge in [-0.15, -0.1) is 0 Å². The van der Waals surface area contributed by atoms with Crippen molar-refractivity contribution in [2.75, 3.05) is 0 Å². The molecule has 3 aromatic rings. The molecule has 0 atom stereocenters. The lowest BCUT2D eigenvalue weighted by atomic mass is 10.2. The number of benzene rings is 2. The van der Waals surface area contributed by atoms with Crippen LogP contribution in [0.1, 0.15) is 21.8 Å². The summed E-state index contributed by atoms with van der Waals surface area (Å²) in [5.41, 5.74) is 1.32. The van der Waals surface area contributed by atoms with E-state index in [1.54, 1.807) is 18.2 Å². The van der Waals surface area contributed by atoms with Crippen molar-refractivity contribution in [1.82, 2.24) is 4.98 Å². The second-order valence-electron chi connectivity index (χ2n) is 4.64. The maximum atomic E-state index is 10.9. The summed E-state index contributed by atoms with van der Waals surface area (Å²) >= 11 is 5.82. The minimum atomic E-state index is -1.04. The van der Waals surface area contributed by atoms with E-state index in [9.17, 15) is 4.79 Å². The van der Waals surface area contributed by atoms with E-state index in [1.165, 1.54) is 18.2 Å². The number of hydrogen-bond donors (Lipinski definition) is 1. The monoisotopic (exact) mass is 328 g/mol. The largest absolute Gasteiger partial charge is 0.482 e. The van der Waals surface area contributed by atoms with Gasteiger partial charge in [0, 0.05) is 5.02 Å². The Hall–Kier alpha value is -3.04. The number of carboxylic acid groups (broad SMARTS) is 1.